The van der Waals surface area contributed by atoms with E-state index >= 15 is 0 Å². The monoisotopic (exact) mass is 711 g/mol. The van der Waals surface area contributed by atoms with Crippen molar-refractivity contribution in [1.29, 1.82) is 0 Å². The number of rotatable bonds is 24. The van der Waals surface area contributed by atoms with Gasteiger partial charge in [0.25, 0.3) is 0 Å². The lowest BCUT2D eigenvalue weighted by Gasteiger charge is -2.32. The van der Waals surface area contributed by atoms with E-state index in [1.54, 1.807) is 6.07 Å². The number of aromatic hydroxyl groups is 2. The summed E-state index contributed by atoms with van der Waals surface area (Å²) in [5.74, 6) is 0.313. The minimum Gasteiger partial charge on any atom is -0.508 e. The molecule has 0 spiro atoms. The van der Waals surface area contributed by atoms with E-state index in [2.05, 4.69) is 79.0 Å². The highest BCUT2D eigenvalue weighted by atomic mass is 32.2. The zero-order valence-corrected chi connectivity index (χ0v) is 31.6. The van der Waals surface area contributed by atoms with Crippen LogP contribution in [0.4, 0.5) is 5.69 Å². The van der Waals surface area contributed by atoms with Crippen LogP contribution >= 0.6 is 0 Å². The maximum atomic E-state index is 11.5. The van der Waals surface area contributed by atoms with Crippen LogP contribution in [0.3, 0.4) is 0 Å². The van der Waals surface area contributed by atoms with Gasteiger partial charge in [0, 0.05) is 43.3 Å². The number of hydrogen-bond acceptors (Lipinski definition) is 8. The third-order valence-electron chi connectivity index (χ3n) is 9.11. The quantitative estimate of drug-likeness (QED) is 0.0482. The van der Waals surface area contributed by atoms with Gasteiger partial charge in [-0.05, 0) is 114 Å². The molecule has 0 aliphatic heterocycles. The second-order valence-corrected chi connectivity index (χ2v) is 15.7. The van der Waals surface area contributed by atoms with Crippen molar-refractivity contribution in [2.75, 3.05) is 43.8 Å². The standard InChI is InChI=1S/C40H61N3O6S/c1-30(2)43(31(3)4)24-22-35(33-16-9-8-10-17-33)36-27-32(18-20-38(36)44)15-11-14-26-49-25-13-7-6-12-23-41-29-40(46)34-19-21-39(45)37(28-34)42-50(5,47)48/h8-10,16-21,27-28,30-31,35,40-42,44-46H,6-7,11-15,22-26,29H2,1-5H3/t35-,40?/m1/s1. The molecule has 0 radical (unpaired) electrons. The Kier molecular flexibility index (Phi) is 17.6. The summed E-state index contributed by atoms with van der Waals surface area (Å²) >= 11 is 0. The van der Waals surface area contributed by atoms with E-state index in [1.807, 2.05) is 12.1 Å². The summed E-state index contributed by atoms with van der Waals surface area (Å²) in [5.41, 5.74) is 4.08. The summed E-state index contributed by atoms with van der Waals surface area (Å²) in [7, 11) is -3.54. The highest BCUT2D eigenvalue weighted by Crippen LogP contribution is 2.35. The topological polar surface area (TPSA) is 131 Å². The first-order chi connectivity index (χ1) is 23.9. The molecular weight excluding hydrogens is 651 g/mol. The summed E-state index contributed by atoms with van der Waals surface area (Å²) in [6, 6.07) is 22.0. The SMILES string of the molecule is CC(C)N(CC[C@H](c1ccccc1)c1cc(CCCCOCCCCCCNCC(O)c2ccc(O)c(NS(C)(=O)=O)c2)ccc1O)C(C)C. The predicted molar refractivity (Wildman–Crippen MR) is 205 cm³/mol. The van der Waals surface area contributed by atoms with E-state index in [-0.39, 0.29) is 17.4 Å². The van der Waals surface area contributed by atoms with Gasteiger partial charge in [-0.15, -0.1) is 0 Å². The summed E-state index contributed by atoms with van der Waals surface area (Å²) < 4.78 is 31.2. The number of hydrogen-bond donors (Lipinski definition) is 5. The molecule has 3 rings (SSSR count). The second-order valence-electron chi connectivity index (χ2n) is 13.9. The zero-order chi connectivity index (χ0) is 36.5. The minimum absolute atomic E-state index is 0.0521. The summed E-state index contributed by atoms with van der Waals surface area (Å²) in [6.45, 7) is 12.6. The van der Waals surface area contributed by atoms with Gasteiger partial charge in [-0.3, -0.25) is 9.62 Å². The second kappa shape index (κ2) is 21.3. The van der Waals surface area contributed by atoms with Crippen LogP contribution in [-0.4, -0.2) is 79.8 Å². The molecule has 0 aliphatic carbocycles. The molecule has 0 saturated carbocycles. The summed E-state index contributed by atoms with van der Waals surface area (Å²) in [5, 5.41) is 34.6. The van der Waals surface area contributed by atoms with Crippen molar-refractivity contribution in [2.24, 2.45) is 0 Å². The summed E-state index contributed by atoms with van der Waals surface area (Å²) in [6.07, 6.45) is 8.26. The molecule has 278 valence electrons. The van der Waals surface area contributed by atoms with Crippen LogP contribution in [-0.2, 0) is 21.2 Å². The molecule has 0 aliphatic rings. The van der Waals surface area contributed by atoms with Gasteiger partial charge >= 0.3 is 0 Å². The van der Waals surface area contributed by atoms with Crippen LogP contribution in [0.5, 0.6) is 11.5 Å². The maximum absolute atomic E-state index is 11.5. The fourth-order valence-corrected chi connectivity index (χ4v) is 7.02. The van der Waals surface area contributed by atoms with E-state index in [4.69, 9.17) is 4.74 Å². The molecule has 0 bridgehead atoms. The number of ether oxygens (including phenoxy) is 1. The Hall–Kier alpha value is -3.15. The lowest BCUT2D eigenvalue weighted by Crippen LogP contribution is -2.38. The average Bonchev–Trinajstić information content (AvgIpc) is 3.06. The smallest absolute Gasteiger partial charge is 0.229 e. The van der Waals surface area contributed by atoms with Crippen LogP contribution < -0.4 is 10.0 Å². The number of anilines is 1. The van der Waals surface area contributed by atoms with Crippen LogP contribution in [0, 0.1) is 0 Å². The minimum atomic E-state index is -3.54. The molecule has 0 fully saturated rings. The molecule has 1 unspecified atom stereocenters. The van der Waals surface area contributed by atoms with Crippen molar-refractivity contribution in [2.45, 2.75) is 103 Å². The van der Waals surface area contributed by atoms with E-state index in [0.29, 0.717) is 29.9 Å². The number of phenols is 2. The number of nitrogens with zero attached hydrogens (tertiary/aromatic N) is 1. The molecular formula is C40H61N3O6S. The Morgan fingerprint density at radius 1 is 0.780 bits per heavy atom. The Morgan fingerprint density at radius 2 is 1.44 bits per heavy atom. The molecule has 3 aromatic carbocycles. The van der Waals surface area contributed by atoms with Gasteiger partial charge in [-0.1, -0.05) is 61.4 Å². The molecule has 5 N–H and O–H groups in total. The van der Waals surface area contributed by atoms with Crippen molar-refractivity contribution in [3.63, 3.8) is 0 Å². The number of unbranched alkanes of at least 4 members (excludes halogenated alkanes) is 4. The molecule has 0 heterocycles. The van der Waals surface area contributed by atoms with Crippen molar-refractivity contribution in [1.82, 2.24) is 10.2 Å². The Labute approximate surface area is 301 Å². The molecule has 0 saturated heterocycles. The van der Waals surface area contributed by atoms with Crippen LogP contribution in [0.2, 0.25) is 0 Å². The lowest BCUT2D eigenvalue weighted by atomic mass is 9.86. The molecule has 3 aromatic rings. The van der Waals surface area contributed by atoms with E-state index < -0.39 is 16.1 Å². The number of aliphatic hydroxyl groups excluding tert-OH is 1. The van der Waals surface area contributed by atoms with Crippen molar-refractivity contribution in [3.05, 3.63) is 89.0 Å². The van der Waals surface area contributed by atoms with Crippen molar-refractivity contribution in [3.8, 4) is 11.5 Å². The molecule has 50 heavy (non-hydrogen) atoms. The van der Waals surface area contributed by atoms with Gasteiger partial charge in [0.1, 0.15) is 11.5 Å². The van der Waals surface area contributed by atoms with Gasteiger partial charge in [-0.25, -0.2) is 8.42 Å². The fraction of sp³-hybridized carbons (Fsp3) is 0.550. The molecule has 0 amide bonds. The molecule has 10 heteroatoms. The third-order valence-corrected chi connectivity index (χ3v) is 9.70. The van der Waals surface area contributed by atoms with Crippen LogP contribution in [0.25, 0.3) is 0 Å². The first-order valence-electron chi connectivity index (χ1n) is 18.3. The number of benzene rings is 3. The van der Waals surface area contributed by atoms with Gasteiger partial charge in [-0.2, -0.15) is 0 Å². The fourth-order valence-electron chi connectivity index (χ4n) is 6.46. The van der Waals surface area contributed by atoms with Gasteiger partial charge < -0.3 is 25.4 Å². The lowest BCUT2D eigenvalue weighted by molar-refractivity contribution is 0.126. The van der Waals surface area contributed by atoms with Crippen molar-refractivity contribution < 1.29 is 28.5 Å². The highest BCUT2D eigenvalue weighted by Gasteiger charge is 2.22. The number of nitrogens with one attached hydrogen (secondary N) is 2. The zero-order valence-electron chi connectivity index (χ0n) is 30.8. The van der Waals surface area contributed by atoms with E-state index in [0.717, 1.165) is 89.5 Å². The largest absolute Gasteiger partial charge is 0.508 e. The average molecular weight is 712 g/mol. The highest BCUT2D eigenvalue weighted by molar-refractivity contribution is 7.92. The third kappa shape index (κ3) is 14.6. The van der Waals surface area contributed by atoms with Crippen LogP contribution in [0.1, 0.15) is 107 Å². The van der Waals surface area contributed by atoms with Crippen molar-refractivity contribution >= 4 is 15.7 Å². The number of aryl methyl sites for hydroxylation is 1. The molecule has 0 aromatic heterocycles. The molecule has 2 atom stereocenters. The first-order valence-corrected chi connectivity index (χ1v) is 20.1. The molecule has 9 nitrogen and oxygen atoms in total. The van der Waals surface area contributed by atoms with E-state index in [1.165, 1.54) is 23.3 Å². The predicted octanol–water partition coefficient (Wildman–Crippen LogP) is 7.33. The maximum Gasteiger partial charge on any atom is 0.229 e. The Balaban J connectivity index is 1.31. The van der Waals surface area contributed by atoms with Gasteiger partial charge in [0.15, 0.2) is 0 Å². The van der Waals surface area contributed by atoms with E-state index in [9.17, 15) is 23.7 Å². The number of sulfonamides is 1. The van der Waals surface area contributed by atoms with Gasteiger partial charge in [0.05, 0.1) is 18.0 Å². The number of aliphatic hydroxyl groups is 1. The van der Waals surface area contributed by atoms with Crippen LogP contribution in [0.15, 0.2) is 66.7 Å². The first kappa shape index (κ1) is 41.3. The normalized spacial score (nSPS) is 13.3. The Bertz CT molecular complexity index is 1510. The summed E-state index contributed by atoms with van der Waals surface area (Å²) in [4.78, 5) is 2.52. The Morgan fingerprint density at radius 3 is 2.12 bits per heavy atom. The number of phenolic OH excluding ortho intramolecular Hbond substituents is 2. The van der Waals surface area contributed by atoms with Gasteiger partial charge in [0.2, 0.25) is 10.0 Å².